The van der Waals surface area contributed by atoms with Gasteiger partial charge in [0, 0.05) is 12.2 Å². The first-order chi connectivity index (χ1) is 10.0. The number of nitrogens with one attached hydrogen (secondary N) is 2. The van der Waals surface area contributed by atoms with Gasteiger partial charge >= 0.3 is 12.0 Å². The molecule has 0 aliphatic rings. The van der Waals surface area contributed by atoms with Gasteiger partial charge < -0.3 is 15.7 Å². The quantitative estimate of drug-likeness (QED) is 0.643. The average Bonchev–Trinajstić information content (AvgIpc) is 2.44. The minimum absolute atomic E-state index is 0.160. The molecule has 1 rings (SSSR count). The summed E-state index contributed by atoms with van der Waals surface area (Å²) in [6.45, 7) is 2.45. The van der Waals surface area contributed by atoms with Crippen LogP contribution in [0.2, 0.25) is 0 Å². The van der Waals surface area contributed by atoms with Crippen molar-refractivity contribution in [1.29, 1.82) is 0 Å². The van der Waals surface area contributed by atoms with Crippen molar-refractivity contribution in [2.45, 2.75) is 26.2 Å². The number of carbonyl (C=O) groups is 2. The van der Waals surface area contributed by atoms with Crippen molar-refractivity contribution >= 4 is 29.4 Å². The summed E-state index contributed by atoms with van der Waals surface area (Å²) < 4.78 is 0. The lowest BCUT2D eigenvalue weighted by molar-refractivity contribution is 0.0697. The molecule has 0 radical (unpaired) electrons. The van der Waals surface area contributed by atoms with Crippen molar-refractivity contribution in [2.24, 2.45) is 0 Å². The Morgan fingerprint density at radius 1 is 1.24 bits per heavy atom. The van der Waals surface area contributed by atoms with Crippen LogP contribution in [0.15, 0.2) is 18.2 Å². The predicted octanol–water partition coefficient (Wildman–Crippen LogP) is 3.35. The summed E-state index contributed by atoms with van der Waals surface area (Å²) in [7, 11) is 0. The molecule has 0 bridgehead atoms. The summed E-state index contributed by atoms with van der Waals surface area (Å²) in [5.41, 5.74) is 1.51. The Labute approximate surface area is 129 Å². The van der Waals surface area contributed by atoms with E-state index in [4.69, 9.17) is 5.11 Å². The molecule has 0 aromatic heterocycles. The fraction of sp³-hybridized carbons (Fsp3) is 0.467. The van der Waals surface area contributed by atoms with E-state index in [1.165, 1.54) is 12.1 Å². The summed E-state index contributed by atoms with van der Waals surface area (Å²) in [4.78, 5) is 22.7. The second-order valence-electron chi connectivity index (χ2n) is 4.77. The van der Waals surface area contributed by atoms with Gasteiger partial charge in [-0.15, -0.1) is 0 Å². The van der Waals surface area contributed by atoms with Crippen LogP contribution in [0.4, 0.5) is 10.5 Å². The van der Waals surface area contributed by atoms with Crippen molar-refractivity contribution in [3.8, 4) is 0 Å². The minimum Gasteiger partial charge on any atom is -0.478 e. The zero-order valence-electron chi connectivity index (χ0n) is 12.4. The van der Waals surface area contributed by atoms with E-state index in [1.807, 2.05) is 18.7 Å². The molecule has 0 aliphatic carbocycles. The topological polar surface area (TPSA) is 78.4 Å². The Kier molecular flexibility index (Phi) is 7.68. The van der Waals surface area contributed by atoms with Crippen LogP contribution in [0.5, 0.6) is 0 Å². The first-order valence-corrected chi connectivity index (χ1v) is 8.31. The first kappa shape index (κ1) is 17.4. The number of carboxylic acids is 1. The number of thioether (sulfide) groups is 1. The molecule has 5 nitrogen and oxygen atoms in total. The second-order valence-corrected chi connectivity index (χ2v) is 5.75. The molecule has 0 aliphatic heterocycles. The average molecular weight is 310 g/mol. The predicted molar refractivity (Wildman–Crippen MR) is 87.4 cm³/mol. The summed E-state index contributed by atoms with van der Waals surface area (Å²) >= 11 is 1.83. The largest absolute Gasteiger partial charge is 0.478 e. The summed E-state index contributed by atoms with van der Waals surface area (Å²) in [6.07, 6.45) is 5.28. The number of carbonyl (C=O) groups excluding carboxylic acids is 1. The molecular weight excluding hydrogens is 288 g/mol. The van der Waals surface area contributed by atoms with E-state index < -0.39 is 5.97 Å². The van der Waals surface area contributed by atoms with E-state index in [-0.39, 0.29) is 11.6 Å². The number of rotatable bonds is 8. The second kappa shape index (κ2) is 9.28. The van der Waals surface area contributed by atoms with Gasteiger partial charge in [-0.1, -0.05) is 12.5 Å². The number of hydrogen-bond donors (Lipinski definition) is 3. The number of carboxylic acid groups (broad SMARTS) is 1. The molecule has 1 aromatic rings. The van der Waals surface area contributed by atoms with Crippen molar-refractivity contribution in [2.75, 3.05) is 23.9 Å². The Morgan fingerprint density at radius 2 is 2.00 bits per heavy atom. The molecule has 0 heterocycles. The number of anilines is 1. The van der Waals surface area contributed by atoms with Gasteiger partial charge in [-0.3, -0.25) is 0 Å². The molecule has 0 saturated heterocycles. The highest BCUT2D eigenvalue weighted by atomic mass is 32.2. The van der Waals surface area contributed by atoms with Gasteiger partial charge in [0.25, 0.3) is 0 Å². The van der Waals surface area contributed by atoms with Crippen LogP contribution in [0.25, 0.3) is 0 Å². The SMILES string of the molecule is CSCCCCCNC(=O)Nc1cc(C(=O)O)ccc1C. The third-order valence-corrected chi connectivity index (χ3v) is 3.74. The fourth-order valence-corrected chi connectivity index (χ4v) is 2.30. The molecule has 21 heavy (non-hydrogen) atoms. The molecule has 6 heteroatoms. The number of hydrogen-bond acceptors (Lipinski definition) is 3. The zero-order valence-corrected chi connectivity index (χ0v) is 13.3. The molecule has 116 valence electrons. The van der Waals surface area contributed by atoms with Gasteiger partial charge in [-0.2, -0.15) is 11.8 Å². The van der Waals surface area contributed by atoms with Crippen molar-refractivity contribution < 1.29 is 14.7 Å². The molecule has 0 atom stereocenters. The van der Waals surface area contributed by atoms with Gasteiger partial charge in [0.2, 0.25) is 0 Å². The number of unbranched alkanes of at least 4 members (excludes halogenated alkanes) is 2. The highest BCUT2D eigenvalue weighted by molar-refractivity contribution is 7.98. The van der Waals surface area contributed by atoms with Gasteiger partial charge in [0.05, 0.1) is 5.56 Å². The van der Waals surface area contributed by atoms with Crippen LogP contribution >= 0.6 is 11.8 Å². The maximum atomic E-state index is 11.8. The minimum atomic E-state index is -1.01. The molecule has 0 spiro atoms. The summed E-state index contributed by atoms with van der Waals surface area (Å²) in [6, 6.07) is 4.37. The Bertz CT molecular complexity index is 492. The van der Waals surface area contributed by atoms with Crippen molar-refractivity contribution in [3.63, 3.8) is 0 Å². The van der Waals surface area contributed by atoms with E-state index in [0.29, 0.717) is 12.2 Å². The normalized spacial score (nSPS) is 10.2. The Hall–Kier alpha value is -1.69. The molecule has 2 amide bonds. The molecule has 0 saturated carbocycles. The van der Waals surface area contributed by atoms with Gasteiger partial charge in [0.15, 0.2) is 0 Å². The van der Waals surface area contributed by atoms with Gasteiger partial charge in [-0.05, 0) is 49.5 Å². The lowest BCUT2D eigenvalue weighted by Crippen LogP contribution is -2.29. The number of amides is 2. The van der Waals surface area contributed by atoms with Crippen LogP contribution < -0.4 is 10.6 Å². The lowest BCUT2D eigenvalue weighted by atomic mass is 10.1. The van der Waals surface area contributed by atoms with Crippen molar-refractivity contribution in [1.82, 2.24) is 5.32 Å². The van der Waals surface area contributed by atoms with Crippen LogP contribution in [0.3, 0.4) is 0 Å². The van der Waals surface area contributed by atoms with E-state index in [9.17, 15) is 9.59 Å². The third kappa shape index (κ3) is 6.53. The maximum absolute atomic E-state index is 11.8. The van der Waals surface area contributed by atoms with Crippen molar-refractivity contribution in [3.05, 3.63) is 29.3 Å². The summed E-state index contributed by atoms with van der Waals surface area (Å²) in [5, 5.41) is 14.4. The molecule has 3 N–H and O–H groups in total. The van der Waals surface area contributed by atoms with Gasteiger partial charge in [-0.25, -0.2) is 9.59 Å². The van der Waals surface area contributed by atoms with Crippen LogP contribution in [-0.2, 0) is 0 Å². The first-order valence-electron chi connectivity index (χ1n) is 6.92. The highest BCUT2D eigenvalue weighted by Gasteiger charge is 2.08. The summed E-state index contributed by atoms with van der Waals surface area (Å²) in [5.74, 6) is 0.139. The fourth-order valence-electron chi connectivity index (χ4n) is 1.81. The van der Waals surface area contributed by atoms with Crippen LogP contribution in [-0.4, -0.2) is 35.7 Å². The Balaban J connectivity index is 2.40. The smallest absolute Gasteiger partial charge is 0.335 e. The number of urea groups is 1. The third-order valence-electron chi connectivity index (χ3n) is 3.04. The molecule has 1 aromatic carbocycles. The number of aryl methyl sites for hydroxylation is 1. The maximum Gasteiger partial charge on any atom is 0.335 e. The molecule has 0 fully saturated rings. The van der Waals surface area contributed by atoms with E-state index in [2.05, 4.69) is 16.9 Å². The monoisotopic (exact) mass is 310 g/mol. The Morgan fingerprint density at radius 3 is 2.67 bits per heavy atom. The standard InChI is InChI=1S/C15H22N2O3S/c1-11-6-7-12(14(18)19)10-13(11)17-15(20)16-8-4-3-5-9-21-2/h6-7,10H,3-5,8-9H2,1-2H3,(H,18,19)(H2,16,17,20). The molecule has 0 unspecified atom stereocenters. The van der Waals surface area contributed by atoms with Crippen LogP contribution in [0.1, 0.15) is 35.2 Å². The van der Waals surface area contributed by atoms with Gasteiger partial charge in [0.1, 0.15) is 0 Å². The number of benzene rings is 1. The van der Waals surface area contributed by atoms with E-state index >= 15 is 0 Å². The van der Waals surface area contributed by atoms with E-state index in [1.54, 1.807) is 6.07 Å². The van der Waals surface area contributed by atoms with E-state index in [0.717, 1.165) is 30.6 Å². The number of aromatic carboxylic acids is 1. The zero-order chi connectivity index (χ0) is 15.7. The van der Waals surface area contributed by atoms with Crippen LogP contribution in [0, 0.1) is 6.92 Å². The lowest BCUT2D eigenvalue weighted by Gasteiger charge is -2.10. The highest BCUT2D eigenvalue weighted by Crippen LogP contribution is 2.16. The molecular formula is C15H22N2O3S.